The van der Waals surface area contributed by atoms with Crippen LogP contribution in [0.3, 0.4) is 0 Å². The minimum atomic E-state index is -0.315. The van der Waals surface area contributed by atoms with Gasteiger partial charge < -0.3 is 5.32 Å². The molecular formula is C15H25N3O2. The fourth-order valence-corrected chi connectivity index (χ4v) is 4.92. The van der Waals surface area contributed by atoms with Crippen molar-refractivity contribution in [2.75, 3.05) is 6.54 Å². The van der Waals surface area contributed by atoms with Crippen LogP contribution < -0.4 is 16.2 Å². The maximum Gasteiger partial charge on any atom is 0.333 e. The molecule has 3 N–H and O–H groups in total. The zero-order chi connectivity index (χ0) is 14.2. The van der Waals surface area contributed by atoms with Gasteiger partial charge in [-0.1, -0.05) is 6.92 Å². The van der Waals surface area contributed by atoms with Crippen molar-refractivity contribution in [1.29, 1.82) is 0 Å². The predicted molar refractivity (Wildman–Crippen MR) is 75.6 cm³/mol. The quantitative estimate of drug-likeness (QED) is 0.691. The fourth-order valence-electron chi connectivity index (χ4n) is 4.92. The molecule has 0 unspecified atom stereocenters. The summed E-state index contributed by atoms with van der Waals surface area (Å²) in [7, 11) is 0. The highest BCUT2D eigenvalue weighted by Crippen LogP contribution is 2.59. The van der Waals surface area contributed by atoms with Crippen LogP contribution in [0.5, 0.6) is 0 Å². The van der Waals surface area contributed by atoms with Crippen LogP contribution in [0.15, 0.2) is 0 Å². The number of urea groups is 1. The van der Waals surface area contributed by atoms with Crippen molar-refractivity contribution in [2.24, 2.45) is 23.2 Å². The average molecular weight is 279 g/mol. The van der Waals surface area contributed by atoms with Gasteiger partial charge in [0.15, 0.2) is 0 Å². The first kappa shape index (κ1) is 13.7. The van der Waals surface area contributed by atoms with Crippen LogP contribution in [0.1, 0.15) is 51.9 Å². The van der Waals surface area contributed by atoms with Gasteiger partial charge >= 0.3 is 6.03 Å². The molecule has 5 nitrogen and oxygen atoms in total. The van der Waals surface area contributed by atoms with E-state index in [4.69, 9.17) is 0 Å². The lowest BCUT2D eigenvalue weighted by molar-refractivity contribution is -0.147. The van der Waals surface area contributed by atoms with Gasteiger partial charge in [0.25, 0.3) is 0 Å². The third-order valence-corrected chi connectivity index (χ3v) is 5.35. The van der Waals surface area contributed by atoms with Gasteiger partial charge in [-0.3, -0.25) is 10.2 Å². The minimum absolute atomic E-state index is 0.0308. The van der Waals surface area contributed by atoms with E-state index in [0.717, 1.165) is 43.4 Å². The second-order valence-corrected chi connectivity index (χ2v) is 7.03. The van der Waals surface area contributed by atoms with Crippen molar-refractivity contribution < 1.29 is 9.59 Å². The molecule has 0 radical (unpaired) electrons. The molecule has 4 aliphatic carbocycles. The summed E-state index contributed by atoms with van der Waals surface area (Å²) >= 11 is 0. The lowest BCUT2D eigenvalue weighted by atomic mass is 9.49. The number of hydrogen-bond acceptors (Lipinski definition) is 2. The van der Waals surface area contributed by atoms with Crippen molar-refractivity contribution in [3.63, 3.8) is 0 Å². The Morgan fingerprint density at radius 3 is 2.05 bits per heavy atom. The Labute approximate surface area is 120 Å². The highest BCUT2D eigenvalue weighted by Gasteiger charge is 2.54. The molecule has 4 aliphatic rings. The largest absolute Gasteiger partial charge is 0.337 e. The van der Waals surface area contributed by atoms with Crippen molar-refractivity contribution >= 4 is 11.9 Å². The smallest absolute Gasteiger partial charge is 0.333 e. The number of hydrazine groups is 1. The standard InChI is InChI=1S/C15H25N3O2/c1-2-3-16-14(20)18-17-13(19)15-7-10-4-11(8-15)6-12(5-10)9-15/h10-12H,2-9H2,1H3,(H,17,19)(H2,16,18,20). The van der Waals surface area contributed by atoms with Crippen LogP contribution in [-0.4, -0.2) is 18.5 Å². The molecule has 0 aromatic rings. The molecule has 4 bridgehead atoms. The summed E-state index contributed by atoms with van der Waals surface area (Å²) in [5.41, 5.74) is 4.94. The molecule has 0 aromatic carbocycles. The first-order valence-corrected chi connectivity index (χ1v) is 7.95. The van der Waals surface area contributed by atoms with E-state index in [9.17, 15) is 9.59 Å². The number of hydrogen-bond donors (Lipinski definition) is 3. The van der Waals surface area contributed by atoms with Crippen LogP contribution in [-0.2, 0) is 4.79 Å². The van der Waals surface area contributed by atoms with Gasteiger partial charge in [-0.25, -0.2) is 10.2 Å². The van der Waals surface area contributed by atoms with E-state index in [2.05, 4.69) is 16.2 Å². The number of nitrogens with one attached hydrogen (secondary N) is 3. The summed E-state index contributed by atoms with van der Waals surface area (Å²) in [6, 6.07) is -0.315. The topological polar surface area (TPSA) is 70.2 Å². The van der Waals surface area contributed by atoms with Crippen LogP contribution >= 0.6 is 0 Å². The Morgan fingerprint density at radius 2 is 1.55 bits per heavy atom. The van der Waals surface area contributed by atoms with E-state index in [0.29, 0.717) is 6.54 Å². The summed E-state index contributed by atoms with van der Waals surface area (Å²) in [6.45, 7) is 2.62. The molecule has 0 spiro atoms. The first-order chi connectivity index (χ1) is 9.61. The van der Waals surface area contributed by atoms with Gasteiger partial charge in [-0.2, -0.15) is 0 Å². The summed E-state index contributed by atoms with van der Waals surface area (Å²) in [5, 5.41) is 2.70. The third-order valence-electron chi connectivity index (χ3n) is 5.35. The third kappa shape index (κ3) is 2.50. The second-order valence-electron chi connectivity index (χ2n) is 7.03. The van der Waals surface area contributed by atoms with Gasteiger partial charge in [0.2, 0.25) is 5.91 Å². The fraction of sp³-hybridized carbons (Fsp3) is 0.867. The van der Waals surface area contributed by atoms with Crippen molar-refractivity contribution in [3.05, 3.63) is 0 Å². The molecule has 4 fully saturated rings. The molecule has 0 heterocycles. The van der Waals surface area contributed by atoms with E-state index in [1.165, 1.54) is 19.3 Å². The Bertz CT molecular complexity index is 373. The van der Waals surface area contributed by atoms with E-state index >= 15 is 0 Å². The second kappa shape index (κ2) is 5.26. The van der Waals surface area contributed by atoms with E-state index in [1.807, 2.05) is 6.92 Å². The highest BCUT2D eigenvalue weighted by molar-refractivity contribution is 5.85. The lowest BCUT2D eigenvalue weighted by Crippen LogP contribution is -2.57. The molecule has 4 rings (SSSR count). The van der Waals surface area contributed by atoms with Crippen molar-refractivity contribution in [3.8, 4) is 0 Å². The average Bonchev–Trinajstić information content (AvgIpc) is 2.41. The predicted octanol–water partition coefficient (Wildman–Crippen LogP) is 1.94. The van der Waals surface area contributed by atoms with E-state index < -0.39 is 0 Å². The number of rotatable bonds is 3. The molecule has 0 atom stereocenters. The maximum absolute atomic E-state index is 12.5. The summed E-state index contributed by atoms with van der Waals surface area (Å²) in [5.74, 6) is 2.24. The Balaban J connectivity index is 1.56. The van der Waals surface area contributed by atoms with Gasteiger partial charge in [0.1, 0.15) is 0 Å². The van der Waals surface area contributed by atoms with Crippen LogP contribution in [0, 0.1) is 23.2 Å². The SMILES string of the molecule is CCCNC(=O)NNC(=O)C12CC3CC(CC(C3)C1)C2. The molecule has 0 aliphatic heterocycles. The lowest BCUT2D eigenvalue weighted by Gasteiger charge is -2.55. The molecular weight excluding hydrogens is 254 g/mol. The zero-order valence-electron chi connectivity index (χ0n) is 12.2. The van der Waals surface area contributed by atoms with Gasteiger partial charge in [-0.05, 0) is 62.7 Å². The van der Waals surface area contributed by atoms with E-state index in [1.54, 1.807) is 0 Å². The van der Waals surface area contributed by atoms with Crippen molar-refractivity contribution in [1.82, 2.24) is 16.2 Å². The minimum Gasteiger partial charge on any atom is -0.337 e. The Hall–Kier alpha value is -1.26. The summed E-state index contributed by atoms with van der Waals surface area (Å²) in [4.78, 5) is 24.0. The molecule has 5 heteroatoms. The van der Waals surface area contributed by atoms with Gasteiger partial charge in [0, 0.05) is 6.54 Å². The zero-order valence-corrected chi connectivity index (χ0v) is 12.2. The molecule has 0 saturated heterocycles. The number of carbonyl (C=O) groups is 2. The van der Waals surface area contributed by atoms with Gasteiger partial charge in [0.05, 0.1) is 5.41 Å². The Morgan fingerprint density at radius 1 is 1.00 bits per heavy atom. The molecule has 20 heavy (non-hydrogen) atoms. The molecule has 112 valence electrons. The molecule has 3 amide bonds. The normalized spacial score (nSPS) is 37.5. The number of carbonyl (C=O) groups excluding carboxylic acids is 2. The Kier molecular flexibility index (Phi) is 3.61. The highest BCUT2D eigenvalue weighted by atomic mass is 16.2. The molecule has 4 saturated carbocycles. The maximum atomic E-state index is 12.5. The van der Waals surface area contributed by atoms with E-state index in [-0.39, 0.29) is 17.4 Å². The van der Waals surface area contributed by atoms with Gasteiger partial charge in [-0.15, -0.1) is 0 Å². The van der Waals surface area contributed by atoms with Crippen LogP contribution in [0.25, 0.3) is 0 Å². The van der Waals surface area contributed by atoms with Crippen molar-refractivity contribution in [2.45, 2.75) is 51.9 Å². The summed E-state index contributed by atoms with van der Waals surface area (Å²) < 4.78 is 0. The monoisotopic (exact) mass is 279 g/mol. The van der Waals surface area contributed by atoms with Crippen LogP contribution in [0.4, 0.5) is 4.79 Å². The molecule has 0 aromatic heterocycles. The number of amides is 3. The summed E-state index contributed by atoms with van der Waals surface area (Å²) in [6.07, 6.45) is 7.89. The first-order valence-electron chi connectivity index (χ1n) is 7.95. The van der Waals surface area contributed by atoms with Crippen LogP contribution in [0.2, 0.25) is 0 Å².